The highest BCUT2D eigenvalue weighted by molar-refractivity contribution is 5.72. The Morgan fingerprint density at radius 2 is 1.45 bits per heavy atom. The molecule has 110 valence electrons. The van der Waals surface area contributed by atoms with Crippen molar-refractivity contribution in [3.8, 4) is 11.5 Å². The first-order valence-corrected chi connectivity index (χ1v) is 6.30. The first-order chi connectivity index (χ1) is 9.12. The van der Waals surface area contributed by atoms with Crippen LogP contribution in [0.25, 0.3) is 0 Å². The van der Waals surface area contributed by atoms with E-state index in [0.717, 1.165) is 0 Å². The molecule has 0 radical (unpaired) electrons. The molecule has 1 rings (SSSR count). The van der Waals surface area contributed by atoms with Gasteiger partial charge in [0.2, 0.25) is 0 Å². The SMILES string of the molecule is CC(=O)Oc1cccc(OC(C)=O)c1C(O)C(C)(C)C. The van der Waals surface area contributed by atoms with E-state index in [4.69, 9.17) is 9.47 Å². The van der Waals surface area contributed by atoms with Crippen LogP contribution in [0.3, 0.4) is 0 Å². The van der Waals surface area contributed by atoms with Gasteiger partial charge in [-0.25, -0.2) is 0 Å². The molecule has 0 aliphatic heterocycles. The molecule has 0 saturated carbocycles. The van der Waals surface area contributed by atoms with Gasteiger partial charge < -0.3 is 14.6 Å². The van der Waals surface area contributed by atoms with Crippen molar-refractivity contribution >= 4 is 11.9 Å². The van der Waals surface area contributed by atoms with Crippen LogP contribution < -0.4 is 9.47 Å². The molecule has 0 fully saturated rings. The van der Waals surface area contributed by atoms with Crippen LogP contribution in [0.1, 0.15) is 46.3 Å². The van der Waals surface area contributed by atoms with Crippen molar-refractivity contribution in [2.45, 2.75) is 40.7 Å². The molecule has 0 bridgehead atoms. The van der Waals surface area contributed by atoms with Gasteiger partial charge in [-0.15, -0.1) is 0 Å². The highest BCUT2D eigenvalue weighted by Crippen LogP contribution is 2.42. The van der Waals surface area contributed by atoms with E-state index in [1.807, 2.05) is 20.8 Å². The van der Waals surface area contributed by atoms with Crippen LogP contribution in [0.2, 0.25) is 0 Å². The average molecular weight is 280 g/mol. The van der Waals surface area contributed by atoms with Crippen molar-refractivity contribution in [2.75, 3.05) is 0 Å². The third kappa shape index (κ3) is 4.06. The van der Waals surface area contributed by atoms with E-state index in [9.17, 15) is 14.7 Å². The van der Waals surface area contributed by atoms with E-state index in [0.29, 0.717) is 5.56 Å². The second-order valence-corrected chi connectivity index (χ2v) is 5.62. The Kier molecular flexibility index (Phi) is 4.89. The van der Waals surface area contributed by atoms with Crippen LogP contribution in [0.5, 0.6) is 11.5 Å². The van der Waals surface area contributed by atoms with Crippen LogP contribution in [-0.2, 0) is 9.59 Å². The van der Waals surface area contributed by atoms with Crippen molar-refractivity contribution in [1.29, 1.82) is 0 Å². The normalized spacial score (nSPS) is 12.7. The van der Waals surface area contributed by atoms with Gasteiger partial charge in [-0.2, -0.15) is 0 Å². The summed E-state index contributed by atoms with van der Waals surface area (Å²) < 4.78 is 10.2. The Morgan fingerprint density at radius 3 is 1.75 bits per heavy atom. The first kappa shape index (κ1) is 16.2. The van der Waals surface area contributed by atoms with Crippen LogP contribution in [0.15, 0.2) is 18.2 Å². The van der Waals surface area contributed by atoms with Gasteiger partial charge in [0.05, 0.1) is 11.7 Å². The summed E-state index contributed by atoms with van der Waals surface area (Å²) in [6.07, 6.45) is -0.951. The van der Waals surface area contributed by atoms with Gasteiger partial charge in [0.15, 0.2) is 0 Å². The molecule has 1 aromatic carbocycles. The minimum atomic E-state index is -0.951. The summed E-state index contributed by atoms with van der Waals surface area (Å²) in [4.78, 5) is 22.3. The fraction of sp³-hybridized carbons (Fsp3) is 0.467. The van der Waals surface area contributed by atoms with Crippen molar-refractivity contribution in [1.82, 2.24) is 0 Å². The summed E-state index contributed by atoms with van der Waals surface area (Å²) in [5.41, 5.74) is -0.212. The molecule has 1 atom stereocenters. The molecule has 0 aliphatic rings. The summed E-state index contributed by atoms with van der Waals surface area (Å²) in [7, 11) is 0. The first-order valence-electron chi connectivity index (χ1n) is 6.30. The van der Waals surface area contributed by atoms with Gasteiger partial charge in [-0.05, 0) is 17.5 Å². The van der Waals surface area contributed by atoms with Crippen LogP contribution in [0, 0.1) is 5.41 Å². The lowest BCUT2D eigenvalue weighted by Gasteiger charge is -2.28. The molecular weight excluding hydrogens is 260 g/mol. The average Bonchev–Trinajstić information content (AvgIpc) is 2.25. The lowest BCUT2D eigenvalue weighted by molar-refractivity contribution is -0.132. The van der Waals surface area contributed by atoms with E-state index in [1.165, 1.54) is 13.8 Å². The summed E-state index contributed by atoms with van der Waals surface area (Å²) in [5.74, 6) is -0.628. The smallest absolute Gasteiger partial charge is 0.308 e. The van der Waals surface area contributed by atoms with Gasteiger partial charge >= 0.3 is 11.9 Å². The van der Waals surface area contributed by atoms with Gasteiger partial charge in [0.1, 0.15) is 11.5 Å². The molecule has 0 heterocycles. The monoisotopic (exact) mass is 280 g/mol. The number of hydrogen-bond acceptors (Lipinski definition) is 5. The molecule has 1 N–H and O–H groups in total. The third-order valence-electron chi connectivity index (χ3n) is 2.63. The number of ether oxygens (including phenoxy) is 2. The molecule has 1 unspecified atom stereocenters. The Labute approximate surface area is 118 Å². The quantitative estimate of drug-likeness (QED) is 0.680. The van der Waals surface area contributed by atoms with Crippen molar-refractivity contribution < 1.29 is 24.2 Å². The highest BCUT2D eigenvalue weighted by Gasteiger charge is 2.30. The molecule has 0 amide bonds. The molecule has 5 nitrogen and oxygen atoms in total. The van der Waals surface area contributed by atoms with E-state index in [2.05, 4.69) is 0 Å². The summed E-state index contributed by atoms with van der Waals surface area (Å²) in [6.45, 7) is 8.04. The number of aliphatic hydroxyl groups excluding tert-OH is 1. The van der Waals surface area contributed by atoms with Gasteiger partial charge in [-0.1, -0.05) is 26.8 Å². The lowest BCUT2D eigenvalue weighted by atomic mass is 9.84. The third-order valence-corrected chi connectivity index (χ3v) is 2.63. The number of hydrogen-bond donors (Lipinski definition) is 1. The second-order valence-electron chi connectivity index (χ2n) is 5.62. The van der Waals surface area contributed by atoms with Crippen LogP contribution in [-0.4, -0.2) is 17.0 Å². The summed E-state index contributed by atoms with van der Waals surface area (Å²) in [5, 5.41) is 10.5. The van der Waals surface area contributed by atoms with E-state index in [-0.39, 0.29) is 11.5 Å². The molecule has 5 heteroatoms. The minimum Gasteiger partial charge on any atom is -0.426 e. The van der Waals surface area contributed by atoms with Gasteiger partial charge in [0.25, 0.3) is 0 Å². The Bertz CT molecular complexity index is 479. The van der Waals surface area contributed by atoms with Crippen LogP contribution >= 0.6 is 0 Å². The van der Waals surface area contributed by atoms with E-state index >= 15 is 0 Å². The summed E-state index contributed by atoms with van der Waals surface area (Å²) >= 11 is 0. The largest absolute Gasteiger partial charge is 0.426 e. The zero-order valence-corrected chi connectivity index (χ0v) is 12.4. The molecule has 1 aromatic rings. The Hall–Kier alpha value is -1.88. The zero-order valence-electron chi connectivity index (χ0n) is 12.4. The molecule has 0 saturated heterocycles. The topological polar surface area (TPSA) is 72.8 Å². The number of benzene rings is 1. The van der Waals surface area contributed by atoms with E-state index < -0.39 is 23.5 Å². The predicted molar refractivity (Wildman–Crippen MR) is 73.5 cm³/mol. The molecule has 20 heavy (non-hydrogen) atoms. The van der Waals surface area contributed by atoms with Crippen molar-refractivity contribution in [3.63, 3.8) is 0 Å². The zero-order chi connectivity index (χ0) is 15.5. The molecule has 0 aromatic heterocycles. The molecule has 0 spiro atoms. The predicted octanol–water partition coefficient (Wildman–Crippen LogP) is 2.62. The highest BCUT2D eigenvalue weighted by atomic mass is 16.5. The number of rotatable bonds is 3. The fourth-order valence-electron chi connectivity index (χ4n) is 1.71. The Balaban J connectivity index is 3.38. The maximum Gasteiger partial charge on any atom is 0.308 e. The van der Waals surface area contributed by atoms with E-state index in [1.54, 1.807) is 18.2 Å². The van der Waals surface area contributed by atoms with Gasteiger partial charge in [-0.3, -0.25) is 9.59 Å². The van der Waals surface area contributed by atoms with Crippen molar-refractivity contribution in [3.05, 3.63) is 23.8 Å². The molecule has 0 aliphatic carbocycles. The number of carbonyl (C=O) groups excluding carboxylic acids is 2. The van der Waals surface area contributed by atoms with Gasteiger partial charge in [0, 0.05) is 13.8 Å². The molecular formula is C15H20O5. The minimum absolute atomic E-state index is 0.193. The standard InChI is InChI=1S/C15H20O5/c1-9(16)19-11-7-6-8-12(20-10(2)17)13(11)14(18)15(3,4)5/h6-8,14,18H,1-5H3. The maximum atomic E-state index is 11.2. The van der Waals surface area contributed by atoms with Crippen molar-refractivity contribution in [2.24, 2.45) is 5.41 Å². The number of esters is 2. The lowest BCUT2D eigenvalue weighted by Crippen LogP contribution is -2.21. The number of carbonyl (C=O) groups is 2. The fourth-order valence-corrected chi connectivity index (χ4v) is 1.71. The summed E-state index contributed by atoms with van der Waals surface area (Å²) in [6, 6.07) is 4.70. The number of aliphatic hydroxyl groups is 1. The maximum absolute atomic E-state index is 11.2. The Morgan fingerprint density at radius 1 is 1.05 bits per heavy atom. The van der Waals surface area contributed by atoms with Crippen LogP contribution in [0.4, 0.5) is 0 Å². The second kappa shape index (κ2) is 6.05.